The summed E-state index contributed by atoms with van der Waals surface area (Å²) in [7, 11) is 2.19. The van der Waals surface area contributed by atoms with Crippen LogP contribution in [0.15, 0.2) is 0 Å². The molecule has 2 fully saturated rings. The van der Waals surface area contributed by atoms with Crippen molar-refractivity contribution in [3.8, 4) is 0 Å². The predicted molar refractivity (Wildman–Crippen MR) is 87.3 cm³/mol. The molecule has 1 aliphatic carbocycles. The van der Waals surface area contributed by atoms with Gasteiger partial charge in [-0.2, -0.15) is 0 Å². The van der Waals surface area contributed by atoms with Crippen LogP contribution in [-0.4, -0.2) is 50.1 Å². The molecule has 4 heteroatoms. The molecule has 0 aromatic carbocycles. The zero-order valence-corrected chi connectivity index (χ0v) is 14.1. The van der Waals surface area contributed by atoms with Crippen LogP contribution in [0.3, 0.4) is 0 Å². The highest BCUT2D eigenvalue weighted by atomic mass is 16.2. The molecule has 21 heavy (non-hydrogen) atoms. The molecule has 0 aromatic rings. The SMILES string of the molecule is CN(CCNC(=O)C(C)(C)C1CCCNC1)C1CCCC1. The van der Waals surface area contributed by atoms with Gasteiger partial charge < -0.3 is 15.5 Å². The number of hydrogen-bond acceptors (Lipinski definition) is 3. The minimum atomic E-state index is -0.265. The Hall–Kier alpha value is -0.610. The van der Waals surface area contributed by atoms with Crippen LogP contribution in [0, 0.1) is 11.3 Å². The number of nitrogens with zero attached hydrogens (tertiary/aromatic N) is 1. The van der Waals surface area contributed by atoms with E-state index < -0.39 is 0 Å². The van der Waals surface area contributed by atoms with Crippen molar-refractivity contribution in [2.45, 2.75) is 58.4 Å². The summed E-state index contributed by atoms with van der Waals surface area (Å²) in [5.41, 5.74) is -0.265. The van der Waals surface area contributed by atoms with Gasteiger partial charge in [0.15, 0.2) is 0 Å². The third kappa shape index (κ3) is 4.43. The lowest BCUT2D eigenvalue weighted by Crippen LogP contribution is -2.48. The lowest BCUT2D eigenvalue weighted by molar-refractivity contribution is -0.132. The van der Waals surface area contributed by atoms with Crippen molar-refractivity contribution in [3.05, 3.63) is 0 Å². The number of piperidine rings is 1. The number of carbonyl (C=O) groups is 1. The minimum Gasteiger partial charge on any atom is -0.354 e. The second kappa shape index (κ2) is 7.59. The van der Waals surface area contributed by atoms with Gasteiger partial charge in [-0.1, -0.05) is 26.7 Å². The minimum absolute atomic E-state index is 0.219. The summed E-state index contributed by atoms with van der Waals surface area (Å²) >= 11 is 0. The van der Waals surface area contributed by atoms with Crippen molar-refractivity contribution in [2.75, 3.05) is 33.2 Å². The van der Waals surface area contributed by atoms with Crippen molar-refractivity contribution < 1.29 is 4.79 Å². The van der Waals surface area contributed by atoms with Crippen molar-refractivity contribution in [1.82, 2.24) is 15.5 Å². The normalized spacial score (nSPS) is 24.5. The monoisotopic (exact) mass is 295 g/mol. The maximum Gasteiger partial charge on any atom is 0.226 e. The van der Waals surface area contributed by atoms with Gasteiger partial charge in [-0.05, 0) is 51.7 Å². The fraction of sp³-hybridized carbons (Fsp3) is 0.941. The van der Waals surface area contributed by atoms with E-state index in [1.807, 2.05) is 0 Å². The Morgan fingerprint density at radius 2 is 1.95 bits per heavy atom. The van der Waals surface area contributed by atoms with Crippen molar-refractivity contribution >= 4 is 5.91 Å². The number of likely N-dealkylation sites (N-methyl/N-ethyl adjacent to an activating group) is 1. The quantitative estimate of drug-likeness (QED) is 0.788. The highest BCUT2D eigenvalue weighted by Crippen LogP contribution is 2.31. The fourth-order valence-corrected chi connectivity index (χ4v) is 3.75. The van der Waals surface area contributed by atoms with E-state index in [4.69, 9.17) is 0 Å². The van der Waals surface area contributed by atoms with E-state index in [9.17, 15) is 4.79 Å². The smallest absolute Gasteiger partial charge is 0.226 e. The number of carbonyl (C=O) groups excluding carboxylic acids is 1. The van der Waals surface area contributed by atoms with Gasteiger partial charge in [-0.3, -0.25) is 4.79 Å². The van der Waals surface area contributed by atoms with Crippen molar-refractivity contribution in [3.63, 3.8) is 0 Å². The largest absolute Gasteiger partial charge is 0.354 e. The second-order valence-corrected chi connectivity index (χ2v) is 7.44. The molecule has 0 aromatic heterocycles. The van der Waals surface area contributed by atoms with Gasteiger partial charge >= 0.3 is 0 Å². The Kier molecular flexibility index (Phi) is 6.06. The van der Waals surface area contributed by atoms with Crippen LogP contribution in [0.25, 0.3) is 0 Å². The van der Waals surface area contributed by atoms with Crippen LogP contribution in [0.4, 0.5) is 0 Å². The maximum absolute atomic E-state index is 12.5. The molecule has 1 atom stereocenters. The molecule has 2 N–H and O–H groups in total. The zero-order chi connectivity index (χ0) is 15.3. The third-order valence-corrected chi connectivity index (χ3v) is 5.60. The Balaban J connectivity index is 1.72. The first kappa shape index (κ1) is 16.8. The lowest BCUT2D eigenvalue weighted by Gasteiger charge is -2.36. The molecular weight excluding hydrogens is 262 g/mol. The van der Waals surface area contributed by atoms with E-state index in [-0.39, 0.29) is 11.3 Å². The molecule has 1 aliphatic heterocycles. The van der Waals surface area contributed by atoms with Crippen molar-refractivity contribution in [2.24, 2.45) is 11.3 Å². The number of hydrogen-bond donors (Lipinski definition) is 2. The standard InChI is InChI=1S/C17H33N3O/c1-17(2,14-7-6-10-18-13-14)16(21)19-11-12-20(3)15-8-4-5-9-15/h14-15,18H,4-13H2,1-3H3,(H,19,21). The van der Waals surface area contributed by atoms with E-state index in [2.05, 4.69) is 36.4 Å². The van der Waals surface area contributed by atoms with Gasteiger partial charge in [0.2, 0.25) is 5.91 Å². The molecule has 1 amide bonds. The summed E-state index contributed by atoms with van der Waals surface area (Å²) in [6, 6.07) is 0.734. The Bertz CT molecular complexity index is 331. The van der Waals surface area contributed by atoms with Gasteiger partial charge in [-0.25, -0.2) is 0 Å². The van der Waals surface area contributed by atoms with E-state index in [0.29, 0.717) is 5.92 Å². The van der Waals surface area contributed by atoms with Crippen LogP contribution in [0.1, 0.15) is 52.4 Å². The van der Waals surface area contributed by atoms with Crippen LogP contribution in [-0.2, 0) is 4.79 Å². The molecule has 0 bridgehead atoms. The van der Waals surface area contributed by atoms with Gasteiger partial charge in [0.25, 0.3) is 0 Å². The Morgan fingerprint density at radius 3 is 2.57 bits per heavy atom. The zero-order valence-electron chi connectivity index (χ0n) is 14.1. The number of amides is 1. The summed E-state index contributed by atoms with van der Waals surface area (Å²) in [6.07, 6.45) is 7.72. The van der Waals surface area contributed by atoms with Gasteiger partial charge in [-0.15, -0.1) is 0 Å². The van der Waals surface area contributed by atoms with E-state index >= 15 is 0 Å². The van der Waals surface area contributed by atoms with Gasteiger partial charge in [0, 0.05) is 24.5 Å². The molecule has 1 unspecified atom stereocenters. The Morgan fingerprint density at radius 1 is 1.24 bits per heavy atom. The molecular formula is C17H33N3O. The average molecular weight is 295 g/mol. The lowest BCUT2D eigenvalue weighted by atomic mass is 9.74. The molecule has 0 spiro atoms. The average Bonchev–Trinajstić information content (AvgIpc) is 3.02. The second-order valence-electron chi connectivity index (χ2n) is 7.44. The molecule has 2 rings (SSSR count). The van der Waals surface area contributed by atoms with Crippen LogP contribution in [0.5, 0.6) is 0 Å². The first-order valence-electron chi connectivity index (χ1n) is 8.71. The highest BCUT2D eigenvalue weighted by molar-refractivity contribution is 5.82. The summed E-state index contributed by atoms with van der Waals surface area (Å²) in [6.45, 7) is 8.01. The van der Waals surface area contributed by atoms with Crippen LogP contribution in [0.2, 0.25) is 0 Å². The molecule has 1 saturated carbocycles. The maximum atomic E-state index is 12.5. The van der Waals surface area contributed by atoms with E-state index in [1.165, 1.54) is 32.1 Å². The molecule has 4 nitrogen and oxygen atoms in total. The molecule has 1 saturated heterocycles. The summed E-state index contributed by atoms with van der Waals surface area (Å²) in [5.74, 6) is 0.676. The van der Waals surface area contributed by atoms with Gasteiger partial charge in [0.1, 0.15) is 0 Å². The van der Waals surface area contributed by atoms with Crippen molar-refractivity contribution in [1.29, 1.82) is 0 Å². The first-order valence-corrected chi connectivity index (χ1v) is 8.71. The number of rotatable bonds is 6. The third-order valence-electron chi connectivity index (χ3n) is 5.60. The van der Waals surface area contributed by atoms with Crippen LogP contribution < -0.4 is 10.6 Å². The first-order chi connectivity index (χ1) is 10.0. The van der Waals surface area contributed by atoms with Gasteiger partial charge in [0.05, 0.1) is 0 Å². The number of nitrogens with one attached hydrogen (secondary N) is 2. The highest BCUT2D eigenvalue weighted by Gasteiger charge is 2.37. The molecule has 2 aliphatic rings. The predicted octanol–water partition coefficient (Wildman–Crippen LogP) is 2.00. The van der Waals surface area contributed by atoms with Crippen LogP contribution >= 0.6 is 0 Å². The molecule has 0 radical (unpaired) electrons. The summed E-state index contributed by atoms with van der Waals surface area (Å²) in [4.78, 5) is 14.9. The summed E-state index contributed by atoms with van der Waals surface area (Å²) < 4.78 is 0. The van der Waals surface area contributed by atoms with E-state index in [1.54, 1.807) is 0 Å². The topological polar surface area (TPSA) is 44.4 Å². The Labute approximate surface area is 130 Å². The molecule has 122 valence electrons. The fourth-order valence-electron chi connectivity index (χ4n) is 3.75. The molecule has 1 heterocycles. The van der Waals surface area contributed by atoms with E-state index in [0.717, 1.165) is 38.6 Å². The summed E-state index contributed by atoms with van der Waals surface area (Å²) in [5, 5.41) is 6.59.